The lowest BCUT2D eigenvalue weighted by Gasteiger charge is -2.33. The number of esters is 1. The standard InChI is InChI=1S/C35H60O14/c1-4-5-10-13-26(40)30-28(42)19-24(38)17-22(36)16-23(37)18-25(39)20-29(43)32(45)33(46)35(3,48)15-12-9-7-6-8-11-14-27(41)31(44)21(2)49-34(30)47/h6-9,11-12,14-15,21-33,36-46,48H,4-5,10,13,16-20H2,1-3H3/b8-6+,9-7+,14-11+,15-12+. The Balaban J connectivity index is 3.25. The first-order valence-corrected chi connectivity index (χ1v) is 17.0. The van der Waals surface area contributed by atoms with Gasteiger partial charge in [-0.25, -0.2) is 0 Å². The Morgan fingerprint density at radius 2 is 1.22 bits per heavy atom. The minimum absolute atomic E-state index is 0.140. The van der Waals surface area contributed by atoms with Gasteiger partial charge in [0.05, 0.1) is 42.7 Å². The van der Waals surface area contributed by atoms with Crippen molar-refractivity contribution in [2.24, 2.45) is 5.92 Å². The van der Waals surface area contributed by atoms with Gasteiger partial charge in [-0.2, -0.15) is 0 Å². The van der Waals surface area contributed by atoms with Crippen LogP contribution in [0.25, 0.3) is 0 Å². The summed E-state index contributed by atoms with van der Waals surface area (Å²) in [6.45, 7) is 4.48. The number of cyclic esters (lactones) is 1. The van der Waals surface area contributed by atoms with Crippen LogP contribution in [0.1, 0.15) is 78.6 Å². The van der Waals surface area contributed by atoms with Crippen LogP contribution in [0.3, 0.4) is 0 Å². The first kappa shape index (κ1) is 45.0. The second-order valence-electron chi connectivity index (χ2n) is 13.3. The van der Waals surface area contributed by atoms with Crippen molar-refractivity contribution in [2.75, 3.05) is 0 Å². The third-order valence-electron chi connectivity index (χ3n) is 8.61. The molecule has 0 radical (unpaired) electrons. The maximum absolute atomic E-state index is 13.2. The Hall–Kier alpha value is -2.05. The van der Waals surface area contributed by atoms with Crippen LogP contribution in [0.4, 0.5) is 0 Å². The fourth-order valence-corrected chi connectivity index (χ4v) is 5.59. The molecule has 0 aromatic rings. The van der Waals surface area contributed by atoms with Crippen LogP contribution < -0.4 is 0 Å². The van der Waals surface area contributed by atoms with Gasteiger partial charge in [0, 0.05) is 12.8 Å². The highest BCUT2D eigenvalue weighted by Crippen LogP contribution is 2.25. The molecule has 0 amide bonds. The van der Waals surface area contributed by atoms with Crippen LogP contribution in [0, 0.1) is 5.92 Å². The van der Waals surface area contributed by atoms with E-state index in [0.29, 0.717) is 6.42 Å². The summed E-state index contributed by atoms with van der Waals surface area (Å²) in [6, 6.07) is 0. The summed E-state index contributed by atoms with van der Waals surface area (Å²) in [5, 5.41) is 126. The van der Waals surface area contributed by atoms with Crippen molar-refractivity contribution < 1.29 is 70.8 Å². The zero-order valence-corrected chi connectivity index (χ0v) is 28.7. The Kier molecular flexibility index (Phi) is 20.8. The lowest BCUT2D eigenvalue weighted by atomic mass is 9.87. The van der Waals surface area contributed by atoms with Crippen molar-refractivity contribution in [1.82, 2.24) is 0 Å². The summed E-state index contributed by atoms with van der Waals surface area (Å²) in [7, 11) is 0. The zero-order chi connectivity index (χ0) is 37.3. The molecule has 1 rings (SSSR count). The molecule has 14 heteroatoms. The molecule has 0 spiro atoms. The van der Waals surface area contributed by atoms with Crippen molar-refractivity contribution in [3.05, 3.63) is 48.6 Å². The van der Waals surface area contributed by atoms with Gasteiger partial charge >= 0.3 is 5.97 Å². The van der Waals surface area contributed by atoms with Crippen molar-refractivity contribution in [2.45, 2.75) is 157 Å². The van der Waals surface area contributed by atoms with E-state index in [1.54, 1.807) is 0 Å². The van der Waals surface area contributed by atoms with Gasteiger partial charge in [-0.15, -0.1) is 0 Å². The zero-order valence-electron chi connectivity index (χ0n) is 28.7. The number of ether oxygens (including phenoxy) is 1. The highest BCUT2D eigenvalue weighted by Gasteiger charge is 2.39. The van der Waals surface area contributed by atoms with Crippen molar-refractivity contribution in [3.8, 4) is 0 Å². The largest absolute Gasteiger partial charge is 0.459 e. The summed E-state index contributed by atoms with van der Waals surface area (Å²) in [5.41, 5.74) is -1.99. The number of unbranched alkanes of at least 4 members (excludes halogenated alkanes) is 2. The quantitative estimate of drug-likeness (QED) is 0.121. The molecule has 14 atom stereocenters. The number of rotatable bonds is 5. The van der Waals surface area contributed by atoms with Crippen LogP contribution in [-0.4, -0.2) is 146 Å². The van der Waals surface area contributed by atoms with Crippen LogP contribution >= 0.6 is 0 Å². The van der Waals surface area contributed by atoms with Crippen LogP contribution in [0.2, 0.25) is 0 Å². The Labute approximate surface area is 288 Å². The number of hydrogen-bond donors (Lipinski definition) is 12. The highest BCUT2D eigenvalue weighted by atomic mass is 16.6. The maximum Gasteiger partial charge on any atom is 0.314 e. The molecule has 0 aromatic heterocycles. The van der Waals surface area contributed by atoms with E-state index in [2.05, 4.69) is 0 Å². The molecule has 0 bridgehead atoms. The molecule has 284 valence electrons. The van der Waals surface area contributed by atoms with Crippen molar-refractivity contribution in [3.63, 3.8) is 0 Å². The van der Waals surface area contributed by atoms with E-state index in [4.69, 9.17) is 4.74 Å². The van der Waals surface area contributed by atoms with Gasteiger partial charge in [0.1, 0.15) is 42.0 Å². The number of carbonyl (C=O) groups excluding carboxylic acids is 1. The Morgan fingerprint density at radius 3 is 1.78 bits per heavy atom. The van der Waals surface area contributed by atoms with Crippen LogP contribution in [-0.2, 0) is 9.53 Å². The molecule has 14 unspecified atom stereocenters. The van der Waals surface area contributed by atoms with Crippen molar-refractivity contribution >= 4 is 5.97 Å². The van der Waals surface area contributed by atoms with E-state index in [9.17, 15) is 66.1 Å². The molecule has 49 heavy (non-hydrogen) atoms. The molecule has 0 saturated heterocycles. The molecule has 0 saturated carbocycles. The molecule has 0 fully saturated rings. The smallest absolute Gasteiger partial charge is 0.314 e. The maximum atomic E-state index is 13.2. The van der Waals surface area contributed by atoms with Gasteiger partial charge in [0.2, 0.25) is 0 Å². The predicted molar refractivity (Wildman–Crippen MR) is 180 cm³/mol. The molecule has 1 heterocycles. The highest BCUT2D eigenvalue weighted by molar-refractivity contribution is 5.74. The number of allylic oxidation sites excluding steroid dienone is 6. The predicted octanol–water partition coefficient (Wildman–Crippen LogP) is -0.976. The Bertz CT molecular complexity index is 1050. The summed E-state index contributed by atoms with van der Waals surface area (Å²) < 4.78 is 5.34. The van der Waals surface area contributed by atoms with E-state index < -0.39 is 104 Å². The number of aliphatic hydroxyl groups excluding tert-OH is 11. The minimum atomic E-state index is -1.99. The molecule has 1 aliphatic heterocycles. The van der Waals surface area contributed by atoms with Gasteiger partial charge in [0.15, 0.2) is 0 Å². The summed E-state index contributed by atoms with van der Waals surface area (Å²) in [6.07, 6.45) is -6.66. The average Bonchev–Trinajstić information content (AvgIpc) is 3.00. The number of aliphatic hydroxyl groups is 12. The fraction of sp³-hybridized carbons (Fsp3) is 0.743. The molecule has 14 nitrogen and oxygen atoms in total. The average molecular weight is 705 g/mol. The fourth-order valence-electron chi connectivity index (χ4n) is 5.59. The normalized spacial score (nSPS) is 42.1. The lowest BCUT2D eigenvalue weighted by Crippen LogP contribution is -2.51. The topological polar surface area (TPSA) is 269 Å². The molecular formula is C35H60O14. The van der Waals surface area contributed by atoms with E-state index in [-0.39, 0.29) is 25.7 Å². The number of carbonyl (C=O) groups is 1. The van der Waals surface area contributed by atoms with Gasteiger partial charge in [0.25, 0.3) is 0 Å². The Morgan fingerprint density at radius 1 is 0.735 bits per heavy atom. The summed E-state index contributed by atoms with van der Waals surface area (Å²) >= 11 is 0. The van der Waals surface area contributed by atoms with E-state index in [1.165, 1.54) is 62.5 Å². The van der Waals surface area contributed by atoms with Gasteiger partial charge in [-0.1, -0.05) is 74.8 Å². The second kappa shape index (κ2) is 22.7. The molecular weight excluding hydrogens is 644 g/mol. The van der Waals surface area contributed by atoms with Gasteiger partial charge in [-0.3, -0.25) is 4.79 Å². The van der Waals surface area contributed by atoms with Gasteiger partial charge < -0.3 is 66.0 Å². The molecule has 0 aromatic carbocycles. The van der Waals surface area contributed by atoms with Gasteiger partial charge in [-0.05, 0) is 39.5 Å². The summed E-state index contributed by atoms with van der Waals surface area (Å²) in [5.74, 6) is -2.58. The molecule has 12 N–H and O–H groups in total. The first-order valence-electron chi connectivity index (χ1n) is 17.0. The monoisotopic (exact) mass is 704 g/mol. The summed E-state index contributed by atoms with van der Waals surface area (Å²) in [4.78, 5) is 13.2. The van der Waals surface area contributed by atoms with E-state index in [1.807, 2.05) is 6.92 Å². The second-order valence-corrected chi connectivity index (χ2v) is 13.3. The van der Waals surface area contributed by atoms with Crippen LogP contribution in [0.15, 0.2) is 48.6 Å². The van der Waals surface area contributed by atoms with Crippen LogP contribution in [0.5, 0.6) is 0 Å². The third kappa shape index (κ3) is 16.7. The number of hydrogen-bond acceptors (Lipinski definition) is 14. The lowest BCUT2D eigenvalue weighted by molar-refractivity contribution is -0.172. The SMILES string of the molecule is CCCCCC(O)C1C(=O)OC(C)C(O)C(O)/C=C/C=C/C=C/C=C/C(C)(O)C(O)C(O)C(O)CC(O)CC(O)CC(O)CC(O)CC1O. The third-order valence-corrected chi connectivity index (χ3v) is 8.61. The van der Waals surface area contributed by atoms with E-state index in [0.717, 1.165) is 12.8 Å². The minimum Gasteiger partial charge on any atom is -0.459 e. The first-order chi connectivity index (χ1) is 22.9. The van der Waals surface area contributed by atoms with E-state index >= 15 is 0 Å². The molecule has 1 aliphatic rings. The van der Waals surface area contributed by atoms with Crippen molar-refractivity contribution in [1.29, 1.82) is 0 Å². The molecule has 0 aliphatic carbocycles.